The van der Waals surface area contributed by atoms with Crippen molar-refractivity contribution in [3.05, 3.63) is 81.8 Å². The third kappa shape index (κ3) is 4.05. The molecule has 5 heteroatoms. The smallest absolute Gasteiger partial charge is 0.338 e. The molecule has 0 unspecified atom stereocenters. The van der Waals surface area contributed by atoms with Crippen LogP contribution < -0.4 is 0 Å². The fraction of sp³-hybridized carbons (Fsp3) is 0.0909. The maximum Gasteiger partial charge on any atom is 0.338 e. The van der Waals surface area contributed by atoms with Crippen molar-refractivity contribution >= 4 is 35.5 Å². The van der Waals surface area contributed by atoms with Gasteiger partial charge in [0.2, 0.25) is 0 Å². The lowest BCUT2D eigenvalue weighted by Crippen LogP contribution is -2.08. The minimum atomic E-state index is -0.479. The fourth-order valence-electron chi connectivity index (χ4n) is 2.89. The lowest BCUT2D eigenvalue weighted by molar-refractivity contribution is 0.0527. The first-order chi connectivity index (χ1) is 13.0. The molecular weight excluding hydrogens is 383 g/mol. The lowest BCUT2D eigenvalue weighted by atomic mass is 9.91. The third-order valence-corrected chi connectivity index (χ3v) is 4.67. The molecular formula is C22H16Cl2O3. The summed E-state index contributed by atoms with van der Waals surface area (Å²) in [6, 6.07) is 17.7. The zero-order chi connectivity index (χ0) is 19.4. The van der Waals surface area contributed by atoms with E-state index in [1.807, 2.05) is 30.3 Å². The molecule has 0 aliphatic rings. The first-order valence-corrected chi connectivity index (χ1v) is 9.12. The van der Waals surface area contributed by atoms with Gasteiger partial charge in [0.15, 0.2) is 6.29 Å². The van der Waals surface area contributed by atoms with E-state index in [0.29, 0.717) is 37.9 Å². The monoisotopic (exact) mass is 398 g/mol. The molecule has 0 spiro atoms. The number of hydrogen-bond donors (Lipinski definition) is 0. The van der Waals surface area contributed by atoms with E-state index < -0.39 is 5.97 Å². The number of rotatable bonds is 5. The largest absolute Gasteiger partial charge is 0.462 e. The van der Waals surface area contributed by atoms with E-state index in [-0.39, 0.29) is 6.61 Å². The Kier molecular flexibility index (Phi) is 5.94. The van der Waals surface area contributed by atoms with Crippen LogP contribution in [0.1, 0.15) is 27.6 Å². The highest BCUT2D eigenvalue weighted by molar-refractivity contribution is 6.36. The molecule has 0 N–H and O–H groups in total. The van der Waals surface area contributed by atoms with Gasteiger partial charge in [-0.3, -0.25) is 4.79 Å². The molecule has 0 radical (unpaired) electrons. The molecule has 3 nitrogen and oxygen atoms in total. The van der Waals surface area contributed by atoms with Crippen LogP contribution in [0.5, 0.6) is 0 Å². The third-order valence-electron chi connectivity index (χ3n) is 4.12. The van der Waals surface area contributed by atoms with Crippen LogP contribution in [0.3, 0.4) is 0 Å². The van der Waals surface area contributed by atoms with Gasteiger partial charge in [-0.1, -0.05) is 59.6 Å². The number of hydrogen-bond acceptors (Lipinski definition) is 3. The van der Waals surface area contributed by atoms with Gasteiger partial charge < -0.3 is 4.74 Å². The first-order valence-electron chi connectivity index (χ1n) is 8.36. The summed E-state index contributed by atoms with van der Waals surface area (Å²) in [4.78, 5) is 24.4. The molecule has 0 heterocycles. The van der Waals surface area contributed by atoms with Gasteiger partial charge in [-0.05, 0) is 47.9 Å². The zero-order valence-electron chi connectivity index (χ0n) is 14.5. The van der Waals surface area contributed by atoms with Gasteiger partial charge in [0.05, 0.1) is 12.2 Å². The lowest BCUT2D eigenvalue weighted by Gasteiger charge is -2.15. The SMILES string of the molecule is CCOC(=O)c1cc(-c2ccccc2)c(C=O)cc1-c1ccc(Cl)cc1Cl. The van der Waals surface area contributed by atoms with Crippen molar-refractivity contribution < 1.29 is 14.3 Å². The predicted molar refractivity (Wildman–Crippen MR) is 109 cm³/mol. The molecule has 3 aromatic carbocycles. The predicted octanol–water partition coefficient (Wildman–Crippen LogP) is 6.32. The van der Waals surface area contributed by atoms with Gasteiger partial charge in [-0.2, -0.15) is 0 Å². The second-order valence-electron chi connectivity index (χ2n) is 5.81. The Hall–Kier alpha value is -2.62. The second-order valence-corrected chi connectivity index (χ2v) is 6.66. The Bertz CT molecular complexity index is 998. The quantitative estimate of drug-likeness (QED) is 0.373. The van der Waals surface area contributed by atoms with Gasteiger partial charge in [0.1, 0.15) is 0 Å². The van der Waals surface area contributed by atoms with E-state index in [2.05, 4.69) is 0 Å². The summed E-state index contributed by atoms with van der Waals surface area (Å²) in [5.41, 5.74) is 3.41. The Morgan fingerprint density at radius 3 is 2.33 bits per heavy atom. The van der Waals surface area contributed by atoms with Crippen molar-refractivity contribution in [2.24, 2.45) is 0 Å². The van der Waals surface area contributed by atoms with Crippen LogP contribution in [-0.2, 0) is 4.74 Å². The highest BCUT2D eigenvalue weighted by Crippen LogP contribution is 2.36. The first kappa shape index (κ1) is 19.2. The minimum absolute atomic E-state index is 0.239. The average Bonchev–Trinajstić information content (AvgIpc) is 2.68. The van der Waals surface area contributed by atoms with Crippen molar-refractivity contribution in [3.8, 4) is 22.3 Å². The number of esters is 1. The van der Waals surface area contributed by atoms with E-state index in [0.717, 1.165) is 11.8 Å². The van der Waals surface area contributed by atoms with Crippen molar-refractivity contribution in [1.29, 1.82) is 0 Å². The van der Waals surface area contributed by atoms with Crippen LogP contribution in [0.15, 0.2) is 60.7 Å². The standard InChI is InChI=1S/C22H16Cl2O3/c1-2-27-22(26)20-12-18(14-6-4-3-5-7-14)15(13-25)10-19(20)17-9-8-16(23)11-21(17)24/h3-13H,2H2,1H3. The van der Waals surface area contributed by atoms with Crippen LogP contribution in [0.25, 0.3) is 22.3 Å². The van der Waals surface area contributed by atoms with Crippen molar-refractivity contribution in [2.75, 3.05) is 6.61 Å². The summed E-state index contributed by atoms with van der Waals surface area (Å²) in [5.74, 6) is -0.479. The Morgan fingerprint density at radius 1 is 0.963 bits per heavy atom. The van der Waals surface area contributed by atoms with Crippen LogP contribution in [0.2, 0.25) is 10.0 Å². The molecule has 0 aliphatic carbocycles. The molecule has 0 fully saturated rings. The number of carbonyl (C=O) groups is 2. The molecule has 136 valence electrons. The van der Waals surface area contributed by atoms with Crippen molar-refractivity contribution in [3.63, 3.8) is 0 Å². The molecule has 0 bridgehead atoms. The van der Waals surface area contributed by atoms with E-state index in [1.54, 1.807) is 37.3 Å². The van der Waals surface area contributed by atoms with Gasteiger partial charge in [0.25, 0.3) is 0 Å². The highest BCUT2D eigenvalue weighted by atomic mass is 35.5. The second kappa shape index (κ2) is 8.38. The Morgan fingerprint density at radius 2 is 1.70 bits per heavy atom. The van der Waals surface area contributed by atoms with E-state index >= 15 is 0 Å². The Labute approximate surface area is 167 Å². The Balaban J connectivity index is 2.29. The highest BCUT2D eigenvalue weighted by Gasteiger charge is 2.20. The molecule has 0 aliphatic heterocycles. The summed E-state index contributed by atoms with van der Waals surface area (Å²) < 4.78 is 5.22. The molecule has 0 saturated carbocycles. The van der Waals surface area contributed by atoms with Gasteiger partial charge >= 0.3 is 5.97 Å². The zero-order valence-corrected chi connectivity index (χ0v) is 16.1. The molecule has 0 saturated heterocycles. The normalized spacial score (nSPS) is 10.5. The van der Waals surface area contributed by atoms with E-state index in [1.165, 1.54) is 0 Å². The average molecular weight is 399 g/mol. The van der Waals surface area contributed by atoms with Gasteiger partial charge in [-0.15, -0.1) is 0 Å². The van der Waals surface area contributed by atoms with Crippen molar-refractivity contribution in [1.82, 2.24) is 0 Å². The fourth-order valence-corrected chi connectivity index (χ4v) is 3.40. The van der Waals surface area contributed by atoms with Gasteiger partial charge in [-0.25, -0.2) is 4.79 Å². The number of halogens is 2. The molecule has 27 heavy (non-hydrogen) atoms. The summed E-state index contributed by atoms with van der Waals surface area (Å²) in [5, 5.41) is 0.871. The summed E-state index contributed by atoms with van der Waals surface area (Å²) in [6.07, 6.45) is 0.768. The maximum atomic E-state index is 12.6. The molecule has 0 amide bonds. The molecule has 3 rings (SSSR count). The number of benzene rings is 3. The van der Waals surface area contributed by atoms with E-state index in [4.69, 9.17) is 27.9 Å². The van der Waals surface area contributed by atoms with Gasteiger partial charge in [0, 0.05) is 21.2 Å². The summed E-state index contributed by atoms with van der Waals surface area (Å²) >= 11 is 12.3. The number of carbonyl (C=O) groups excluding carboxylic acids is 2. The van der Waals surface area contributed by atoms with Crippen LogP contribution in [0, 0.1) is 0 Å². The summed E-state index contributed by atoms with van der Waals surface area (Å²) in [7, 11) is 0. The minimum Gasteiger partial charge on any atom is -0.462 e. The number of ether oxygens (including phenoxy) is 1. The number of aldehydes is 1. The van der Waals surface area contributed by atoms with Crippen LogP contribution >= 0.6 is 23.2 Å². The van der Waals surface area contributed by atoms with E-state index in [9.17, 15) is 9.59 Å². The molecule has 0 aromatic heterocycles. The van der Waals surface area contributed by atoms with Crippen molar-refractivity contribution in [2.45, 2.75) is 6.92 Å². The maximum absolute atomic E-state index is 12.6. The molecule has 0 atom stereocenters. The summed E-state index contributed by atoms with van der Waals surface area (Å²) in [6.45, 7) is 1.98. The van der Waals surface area contributed by atoms with Crippen LogP contribution in [0.4, 0.5) is 0 Å². The van der Waals surface area contributed by atoms with Crippen LogP contribution in [-0.4, -0.2) is 18.9 Å². The topological polar surface area (TPSA) is 43.4 Å². The molecule has 3 aromatic rings.